The van der Waals surface area contributed by atoms with Crippen molar-refractivity contribution in [3.63, 3.8) is 0 Å². The van der Waals surface area contributed by atoms with Crippen LogP contribution >= 0.6 is 23.4 Å². The van der Waals surface area contributed by atoms with Gasteiger partial charge in [-0.05, 0) is 85.3 Å². The van der Waals surface area contributed by atoms with E-state index in [1.165, 1.54) is 17.8 Å². The Morgan fingerprint density at radius 2 is 1.60 bits per heavy atom. The molecular formula is C37H32ClN3O5S. The van der Waals surface area contributed by atoms with E-state index in [4.69, 9.17) is 20.8 Å². The molecule has 0 saturated carbocycles. The lowest BCUT2D eigenvalue weighted by atomic mass is 10.1. The quantitative estimate of drug-likeness (QED) is 0.0911. The number of halogens is 1. The maximum atomic E-state index is 13.5. The average Bonchev–Trinajstić information content (AvgIpc) is 3.56. The number of ether oxygens (including phenoxy) is 1. The molecule has 3 N–H and O–H groups in total. The Kier molecular flexibility index (Phi) is 11.2. The number of anilines is 2. The molecule has 0 fully saturated rings. The van der Waals surface area contributed by atoms with E-state index in [0.717, 1.165) is 16.0 Å². The zero-order valence-electron chi connectivity index (χ0n) is 25.7. The topological polar surface area (TPSA) is 110 Å². The normalized spacial score (nSPS) is 11.1. The predicted molar refractivity (Wildman–Crippen MR) is 188 cm³/mol. The molecule has 238 valence electrons. The van der Waals surface area contributed by atoms with Crippen LogP contribution in [0.5, 0.6) is 5.75 Å². The molecule has 5 rings (SSSR count). The summed E-state index contributed by atoms with van der Waals surface area (Å²) in [5.41, 5.74) is 3.21. The molecule has 0 aliphatic rings. The Labute approximate surface area is 282 Å². The van der Waals surface area contributed by atoms with Gasteiger partial charge >= 0.3 is 0 Å². The van der Waals surface area contributed by atoms with Crippen molar-refractivity contribution in [2.75, 3.05) is 23.5 Å². The van der Waals surface area contributed by atoms with Gasteiger partial charge in [-0.2, -0.15) is 0 Å². The molecular weight excluding hydrogens is 634 g/mol. The largest absolute Gasteiger partial charge is 0.496 e. The first kappa shape index (κ1) is 33.1. The molecule has 3 amide bonds. The van der Waals surface area contributed by atoms with Gasteiger partial charge in [0.25, 0.3) is 11.8 Å². The van der Waals surface area contributed by atoms with Crippen molar-refractivity contribution in [2.24, 2.45) is 0 Å². The highest BCUT2D eigenvalue weighted by Crippen LogP contribution is 2.31. The second-order valence-electron chi connectivity index (χ2n) is 10.3. The third kappa shape index (κ3) is 8.94. The Morgan fingerprint density at radius 3 is 2.36 bits per heavy atom. The number of methoxy groups -OCH3 is 1. The van der Waals surface area contributed by atoms with Crippen LogP contribution in [-0.4, -0.2) is 30.6 Å². The Morgan fingerprint density at radius 1 is 0.851 bits per heavy atom. The third-order valence-electron chi connectivity index (χ3n) is 7.07. The van der Waals surface area contributed by atoms with Gasteiger partial charge in [0.15, 0.2) is 0 Å². The van der Waals surface area contributed by atoms with Gasteiger partial charge in [-0.15, -0.1) is 11.8 Å². The Bertz CT molecular complexity index is 1910. The van der Waals surface area contributed by atoms with E-state index in [0.29, 0.717) is 51.4 Å². The van der Waals surface area contributed by atoms with Gasteiger partial charge in [-0.1, -0.05) is 48.0 Å². The highest BCUT2D eigenvalue weighted by molar-refractivity contribution is 7.99. The molecule has 0 atom stereocenters. The standard InChI is InChI=1S/C37H32ClN3O5S/c1-24-30(38)12-8-13-31(24)40-35(42)21-22-47-28-18-15-26(16-19-28)39-37(44)32(41-36(43)25-9-4-3-5-10-25)23-27-17-20-34(46-27)29-11-6-7-14-33(29)45-2/h3-20,23H,21-22H2,1-2H3,(H,39,44)(H,40,42)(H,41,43). The smallest absolute Gasteiger partial charge is 0.272 e. The number of furan rings is 1. The first-order valence-electron chi connectivity index (χ1n) is 14.7. The fourth-order valence-electron chi connectivity index (χ4n) is 4.56. The van der Waals surface area contributed by atoms with Crippen molar-refractivity contribution >= 4 is 58.5 Å². The summed E-state index contributed by atoms with van der Waals surface area (Å²) in [6.07, 6.45) is 1.80. The van der Waals surface area contributed by atoms with Crippen LogP contribution in [0.4, 0.5) is 11.4 Å². The fourth-order valence-corrected chi connectivity index (χ4v) is 5.58. The van der Waals surface area contributed by atoms with Crippen molar-refractivity contribution in [1.82, 2.24) is 5.32 Å². The molecule has 0 bridgehead atoms. The molecule has 4 aromatic carbocycles. The van der Waals surface area contributed by atoms with Crippen LogP contribution in [-0.2, 0) is 9.59 Å². The summed E-state index contributed by atoms with van der Waals surface area (Å²) >= 11 is 7.67. The number of para-hydroxylation sites is 1. The highest BCUT2D eigenvalue weighted by Gasteiger charge is 2.17. The number of nitrogens with one attached hydrogen (secondary N) is 3. The van der Waals surface area contributed by atoms with Crippen LogP contribution in [0.2, 0.25) is 5.02 Å². The van der Waals surface area contributed by atoms with Crippen molar-refractivity contribution < 1.29 is 23.5 Å². The van der Waals surface area contributed by atoms with E-state index >= 15 is 0 Å². The van der Waals surface area contributed by atoms with E-state index < -0.39 is 11.8 Å². The first-order valence-corrected chi connectivity index (χ1v) is 16.1. The van der Waals surface area contributed by atoms with Gasteiger partial charge in [-0.25, -0.2) is 0 Å². The van der Waals surface area contributed by atoms with Gasteiger partial charge in [0.1, 0.15) is 23.0 Å². The summed E-state index contributed by atoms with van der Waals surface area (Å²) in [5.74, 6) is 1.05. The molecule has 1 heterocycles. The summed E-state index contributed by atoms with van der Waals surface area (Å²) in [4.78, 5) is 39.9. The second-order valence-corrected chi connectivity index (χ2v) is 11.9. The monoisotopic (exact) mass is 665 g/mol. The van der Waals surface area contributed by atoms with Crippen LogP contribution in [0.1, 0.15) is 28.1 Å². The predicted octanol–water partition coefficient (Wildman–Crippen LogP) is 8.45. The first-order chi connectivity index (χ1) is 22.8. The van der Waals surface area contributed by atoms with Gasteiger partial charge < -0.3 is 25.1 Å². The van der Waals surface area contributed by atoms with Crippen LogP contribution in [0.25, 0.3) is 17.4 Å². The lowest BCUT2D eigenvalue weighted by Gasteiger charge is -2.12. The molecule has 10 heteroatoms. The number of amides is 3. The molecule has 8 nitrogen and oxygen atoms in total. The maximum absolute atomic E-state index is 13.5. The van der Waals surface area contributed by atoms with Crippen molar-refractivity contribution in [3.05, 3.63) is 137 Å². The Balaban J connectivity index is 1.25. The fraction of sp³-hybridized carbons (Fsp3) is 0.108. The number of carbonyl (C=O) groups excluding carboxylic acids is 3. The van der Waals surface area contributed by atoms with Crippen molar-refractivity contribution in [1.29, 1.82) is 0 Å². The van der Waals surface area contributed by atoms with Crippen molar-refractivity contribution in [3.8, 4) is 17.1 Å². The number of carbonyl (C=O) groups is 3. The minimum atomic E-state index is -0.530. The molecule has 47 heavy (non-hydrogen) atoms. The van der Waals surface area contributed by atoms with Crippen LogP contribution in [0.15, 0.2) is 124 Å². The highest BCUT2D eigenvalue weighted by atomic mass is 35.5. The van der Waals surface area contributed by atoms with Gasteiger partial charge in [0.05, 0.1) is 12.7 Å². The SMILES string of the molecule is COc1ccccc1-c1ccc(C=C(NC(=O)c2ccccc2)C(=O)Nc2ccc(SCCC(=O)Nc3cccc(Cl)c3C)cc2)o1. The average molecular weight is 666 g/mol. The molecule has 1 aromatic heterocycles. The molecule has 0 radical (unpaired) electrons. The zero-order valence-corrected chi connectivity index (χ0v) is 27.3. The lowest BCUT2D eigenvalue weighted by molar-refractivity contribution is -0.116. The molecule has 0 saturated heterocycles. The van der Waals surface area contributed by atoms with Crippen LogP contribution < -0.4 is 20.7 Å². The molecule has 0 aliphatic heterocycles. The van der Waals surface area contributed by atoms with Gasteiger partial charge in [0.2, 0.25) is 5.91 Å². The number of hydrogen-bond acceptors (Lipinski definition) is 6. The summed E-state index contributed by atoms with van der Waals surface area (Å²) in [6.45, 7) is 1.86. The van der Waals surface area contributed by atoms with E-state index in [9.17, 15) is 14.4 Å². The van der Waals surface area contributed by atoms with Crippen molar-refractivity contribution in [2.45, 2.75) is 18.2 Å². The third-order valence-corrected chi connectivity index (χ3v) is 8.49. The number of benzene rings is 4. The summed E-state index contributed by atoms with van der Waals surface area (Å²) in [6, 6.07) is 32.2. The number of thioether (sulfide) groups is 1. The number of hydrogen-bond donors (Lipinski definition) is 3. The molecule has 5 aromatic rings. The van der Waals surface area contributed by atoms with E-state index in [2.05, 4.69) is 16.0 Å². The van der Waals surface area contributed by atoms with Gasteiger partial charge in [-0.3, -0.25) is 14.4 Å². The lowest BCUT2D eigenvalue weighted by Crippen LogP contribution is -2.30. The van der Waals surface area contributed by atoms with E-state index in [-0.39, 0.29) is 11.6 Å². The molecule has 0 unspecified atom stereocenters. The minimum absolute atomic E-state index is 0.000756. The second kappa shape index (κ2) is 15.8. The maximum Gasteiger partial charge on any atom is 0.272 e. The summed E-state index contributed by atoms with van der Waals surface area (Å²) in [7, 11) is 1.58. The van der Waals surface area contributed by atoms with Gasteiger partial charge in [0, 0.05) is 45.1 Å². The van der Waals surface area contributed by atoms with Crippen LogP contribution in [0.3, 0.4) is 0 Å². The Hall–Kier alpha value is -5.25. The van der Waals surface area contributed by atoms with Crippen LogP contribution in [0, 0.1) is 6.92 Å². The van der Waals surface area contributed by atoms with E-state index in [1.807, 2.05) is 49.4 Å². The van der Waals surface area contributed by atoms with E-state index in [1.54, 1.807) is 73.8 Å². The summed E-state index contributed by atoms with van der Waals surface area (Å²) in [5, 5.41) is 9.07. The molecule has 0 aliphatic carbocycles. The number of rotatable bonds is 12. The zero-order chi connectivity index (χ0) is 33.2. The minimum Gasteiger partial charge on any atom is -0.496 e. The summed E-state index contributed by atoms with van der Waals surface area (Å²) < 4.78 is 11.5. The molecule has 0 spiro atoms.